The molecule has 25 heavy (non-hydrogen) atoms. The van der Waals surface area contributed by atoms with Gasteiger partial charge in [0.25, 0.3) is 0 Å². The van der Waals surface area contributed by atoms with E-state index in [1.54, 1.807) is 6.20 Å². The third kappa shape index (κ3) is 4.13. The van der Waals surface area contributed by atoms with Crippen LogP contribution < -0.4 is 0 Å². The number of rotatable bonds is 6. The average molecular weight is 342 g/mol. The highest BCUT2D eigenvalue weighted by molar-refractivity contribution is 5.29. The lowest BCUT2D eigenvalue weighted by atomic mass is 9.83. The number of benzene rings is 1. The van der Waals surface area contributed by atoms with Crippen LogP contribution in [0.15, 0.2) is 36.9 Å². The molecule has 0 unspecified atom stereocenters. The van der Waals surface area contributed by atoms with Crippen molar-refractivity contribution < 1.29 is 9.47 Å². The second-order valence-electron chi connectivity index (χ2n) is 7.60. The minimum absolute atomic E-state index is 0.140. The molecule has 1 aromatic heterocycles. The van der Waals surface area contributed by atoms with Crippen molar-refractivity contribution in [3.63, 3.8) is 0 Å². The van der Waals surface area contributed by atoms with Crippen LogP contribution in [-0.2, 0) is 22.4 Å². The number of hydrogen-bond acceptors (Lipinski definition) is 3. The maximum Gasteiger partial charge on any atom is 0.190 e. The van der Waals surface area contributed by atoms with Crippen molar-refractivity contribution in [3.8, 4) is 0 Å². The summed E-state index contributed by atoms with van der Waals surface area (Å²) in [6.07, 6.45) is 8.50. The second-order valence-corrected chi connectivity index (χ2v) is 7.60. The second kappa shape index (κ2) is 7.30. The molecule has 0 radical (unpaired) electrons. The Balaban J connectivity index is 1.85. The molecular weight excluding hydrogens is 312 g/mol. The van der Waals surface area contributed by atoms with Crippen molar-refractivity contribution in [1.29, 1.82) is 0 Å². The third-order valence-corrected chi connectivity index (χ3v) is 5.52. The van der Waals surface area contributed by atoms with E-state index in [2.05, 4.69) is 50.9 Å². The summed E-state index contributed by atoms with van der Waals surface area (Å²) in [6, 6.07) is 6.67. The summed E-state index contributed by atoms with van der Waals surface area (Å²) in [6.45, 7) is 10.9. The van der Waals surface area contributed by atoms with Gasteiger partial charge in [-0.15, -0.1) is 0 Å². The van der Waals surface area contributed by atoms with E-state index >= 15 is 0 Å². The van der Waals surface area contributed by atoms with Crippen molar-refractivity contribution in [1.82, 2.24) is 9.55 Å². The molecule has 0 atom stereocenters. The van der Waals surface area contributed by atoms with E-state index in [0.29, 0.717) is 6.54 Å². The summed E-state index contributed by atoms with van der Waals surface area (Å²) in [5, 5.41) is 0. The Hall–Kier alpha value is -1.65. The van der Waals surface area contributed by atoms with E-state index in [1.165, 1.54) is 16.7 Å². The van der Waals surface area contributed by atoms with Crippen LogP contribution in [0.2, 0.25) is 0 Å². The topological polar surface area (TPSA) is 36.3 Å². The summed E-state index contributed by atoms with van der Waals surface area (Å²) < 4.78 is 14.9. The van der Waals surface area contributed by atoms with E-state index in [0.717, 1.165) is 32.5 Å². The van der Waals surface area contributed by atoms with Gasteiger partial charge in [0.15, 0.2) is 5.79 Å². The van der Waals surface area contributed by atoms with Crippen LogP contribution in [0.1, 0.15) is 43.4 Å². The summed E-state index contributed by atoms with van der Waals surface area (Å²) in [5.41, 5.74) is 3.96. The van der Waals surface area contributed by atoms with Gasteiger partial charge in [0.1, 0.15) is 0 Å². The highest BCUT2D eigenvalue weighted by atomic mass is 16.7. The summed E-state index contributed by atoms with van der Waals surface area (Å²) >= 11 is 0. The van der Waals surface area contributed by atoms with Gasteiger partial charge in [-0.3, -0.25) is 0 Å². The number of imidazole rings is 1. The Morgan fingerprint density at radius 2 is 1.68 bits per heavy atom. The van der Waals surface area contributed by atoms with Crippen LogP contribution >= 0.6 is 0 Å². The van der Waals surface area contributed by atoms with Crippen molar-refractivity contribution >= 4 is 0 Å². The molecule has 0 saturated carbocycles. The largest absolute Gasteiger partial charge is 0.347 e. The van der Waals surface area contributed by atoms with Gasteiger partial charge in [-0.2, -0.15) is 0 Å². The van der Waals surface area contributed by atoms with Gasteiger partial charge in [-0.05, 0) is 32.3 Å². The van der Waals surface area contributed by atoms with Crippen molar-refractivity contribution in [2.75, 3.05) is 13.2 Å². The number of aryl methyl sites for hydroxylation is 2. The minimum Gasteiger partial charge on any atom is -0.347 e. The molecule has 1 fully saturated rings. The lowest BCUT2D eigenvalue weighted by molar-refractivity contribution is -0.310. The molecule has 4 heteroatoms. The van der Waals surface area contributed by atoms with Gasteiger partial charge in [-0.25, -0.2) is 4.98 Å². The molecule has 4 nitrogen and oxygen atoms in total. The first kappa shape index (κ1) is 18.2. The zero-order chi connectivity index (χ0) is 17.9. The van der Waals surface area contributed by atoms with E-state index in [9.17, 15) is 0 Å². The van der Waals surface area contributed by atoms with Crippen LogP contribution in [-0.4, -0.2) is 28.6 Å². The first-order valence-corrected chi connectivity index (χ1v) is 9.29. The molecule has 1 aliphatic heterocycles. The predicted octanol–water partition coefficient (Wildman–Crippen LogP) is 4.29. The average Bonchev–Trinajstić information content (AvgIpc) is 3.08. The molecule has 2 aromatic rings. The molecule has 1 aromatic carbocycles. The van der Waals surface area contributed by atoms with Gasteiger partial charge in [0, 0.05) is 24.2 Å². The zero-order valence-electron chi connectivity index (χ0n) is 15.9. The fraction of sp³-hybridized carbons (Fsp3) is 0.571. The Morgan fingerprint density at radius 1 is 1.04 bits per heavy atom. The van der Waals surface area contributed by atoms with E-state index < -0.39 is 5.79 Å². The van der Waals surface area contributed by atoms with E-state index in [1.807, 2.05) is 17.1 Å². The maximum atomic E-state index is 6.45. The maximum absolute atomic E-state index is 6.45. The summed E-state index contributed by atoms with van der Waals surface area (Å²) in [5.74, 6) is -0.630. The molecule has 0 spiro atoms. The first-order valence-electron chi connectivity index (χ1n) is 9.29. The molecule has 0 aliphatic carbocycles. The highest BCUT2D eigenvalue weighted by Gasteiger charge is 2.43. The molecule has 0 N–H and O–H groups in total. The molecule has 0 amide bonds. The summed E-state index contributed by atoms with van der Waals surface area (Å²) in [7, 11) is 0. The van der Waals surface area contributed by atoms with Gasteiger partial charge in [0.2, 0.25) is 0 Å². The van der Waals surface area contributed by atoms with Gasteiger partial charge >= 0.3 is 0 Å². The van der Waals surface area contributed by atoms with Crippen molar-refractivity contribution in [2.45, 2.75) is 59.3 Å². The smallest absolute Gasteiger partial charge is 0.190 e. The normalized spacial score (nSPS) is 19.0. The van der Waals surface area contributed by atoms with Crippen LogP contribution in [0.5, 0.6) is 0 Å². The van der Waals surface area contributed by atoms with Crippen molar-refractivity contribution in [2.24, 2.45) is 5.41 Å². The monoisotopic (exact) mass is 342 g/mol. The Labute approximate surface area is 151 Å². The Morgan fingerprint density at radius 3 is 2.20 bits per heavy atom. The molecular formula is C21H30N2O2. The predicted molar refractivity (Wildman–Crippen MR) is 99.5 cm³/mol. The minimum atomic E-state index is -0.630. The number of ether oxygens (including phenoxy) is 2. The standard InChI is InChI=1S/C21H30N2O2/c1-5-20(6-2)14-24-21(25-15-20,13-23-8-7-22-16-23)12-19-10-17(3)9-18(4)11-19/h7-11,16H,5-6,12-15H2,1-4H3. The molecule has 3 rings (SSSR count). The van der Waals surface area contributed by atoms with Crippen LogP contribution in [0.4, 0.5) is 0 Å². The third-order valence-electron chi connectivity index (χ3n) is 5.52. The van der Waals surface area contributed by atoms with Gasteiger partial charge in [-0.1, -0.05) is 43.2 Å². The Kier molecular flexibility index (Phi) is 5.30. The number of nitrogens with zero attached hydrogens (tertiary/aromatic N) is 2. The molecule has 1 aliphatic rings. The highest BCUT2D eigenvalue weighted by Crippen LogP contribution is 2.38. The molecule has 0 bridgehead atoms. The van der Waals surface area contributed by atoms with Gasteiger partial charge in [0.05, 0.1) is 26.1 Å². The Bertz CT molecular complexity index is 660. The first-order chi connectivity index (χ1) is 12.0. The van der Waals surface area contributed by atoms with E-state index in [-0.39, 0.29) is 5.41 Å². The fourth-order valence-corrected chi connectivity index (χ4v) is 3.70. The number of aromatic nitrogens is 2. The van der Waals surface area contributed by atoms with Crippen molar-refractivity contribution in [3.05, 3.63) is 53.6 Å². The quantitative estimate of drug-likeness (QED) is 0.785. The SMILES string of the molecule is CCC1(CC)COC(Cc2cc(C)cc(C)c2)(Cn2ccnc2)OC1. The van der Waals surface area contributed by atoms with Gasteiger partial charge < -0.3 is 14.0 Å². The molecule has 136 valence electrons. The lowest BCUT2D eigenvalue weighted by Crippen LogP contribution is -2.52. The van der Waals surface area contributed by atoms with Crippen LogP contribution in [0.3, 0.4) is 0 Å². The lowest BCUT2D eigenvalue weighted by Gasteiger charge is -2.46. The van der Waals surface area contributed by atoms with Crippen LogP contribution in [0, 0.1) is 19.3 Å². The fourth-order valence-electron chi connectivity index (χ4n) is 3.70. The number of hydrogen-bond donors (Lipinski definition) is 0. The van der Waals surface area contributed by atoms with Crippen LogP contribution in [0.25, 0.3) is 0 Å². The molecule has 2 heterocycles. The molecule has 1 saturated heterocycles. The zero-order valence-corrected chi connectivity index (χ0v) is 15.9. The summed E-state index contributed by atoms with van der Waals surface area (Å²) in [4.78, 5) is 4.17. The van der Waals surface area contributed by atoms with E-state index in [4.69, 9.17) is 9.47 Å².